The lowest BCUT2D eigenvalue weighted by atomic mass is 9.91. The first-order chi connectivity index (χ1) is 10.4. The fourth-order valence-electron chi connectivity index (χ4n) is 4.24. The number of rotatable bonds is 0. The topological polar surface area (TPSA) is 0 Å². The van der Waals surface area contributed by atoms with Gasteiger partial charge >= 0.3 is 0 Å². The molecule has 0 amide bonds. The second-order valence-corrected chi connectivity index (χ2v) is 6.48. The summed E-state index contributed by atoms with van der Waals surface area (Å²) in [4.78, 5) is 0. The molecule has 0 saturated carbocycles. The van der Waals surface area contributed by atoms with Crippen LogP contribution in [0.1, 0.15) is 36.8 Å². The van der Waals surface area contributed by atoms with Crippen LogP contribution in [0, 0.1) is 0 Å². The van der Waals surface area contributed by atoms with Gasteiger partial charge in [-0.15, -0.1) is 0 Å². The Bertz CT molecular complexity index is 912. The molecule has 5 rings (SSSR count). The van der Waals surface area contributed by atoms with Crippen LogP contribution in [0.2, 0.25) is 0 Å². The largest absolute Gasteiger partial charge is 0.0620 e. The monoisotopic (exact) mass is 270 g/mol. The van der Waals surface area contributed by atoms with E-state index in [0.29, 0.717) is 0 Å². The molecule has 0 atom stereocenters. The lowest BCUT2D eigenvalue weighted by Crippen LogP contribution is -1.93. The third-order valence-corrected chi connectivity index (χ3v) is 5.28. The van der Waals surface area contributed by atoms with Crippen LogP contribution in [0.15, 0.2) is 54.1 Å². The Hall–Kier alpha value is -2.08. The zero-order valence-electron chi connectivity index (χ0n) is 12.2. The SMILES string of the molecule is c1ccc2c(c1)ccc1cc3c(cc12)CC1=C3CCCC1. The summed E-state index contributed by atoms with van der Waals surface area (Å²) in [7, 11) is 0. The molecule has 0 aliphatic heterocycles. The number of hydrogen-bond donors (Lipinski definition) is 0. The van der Waals surface area contributed by atoms with E-state index in [1.807, 2.05) is 0 Å². The van der Waals surface area contributed by atoms with Gasteiger partial charge in [0.2, 0.25) is 0 Å². The van der Waals surface area contributed by atoms with Crippen molar-refractivity contribution >= 4 is 27.1 Å². The predicted octanol–water partition coefficient (Wildman–Crippen LogP) is 5.88. The molecule has 0 bridgehead atoms. The Morgan fingerprint density at radius 2 is 1.57 bits per heavy atom. The summed E-state index contributed by atoms with van der Waals surface area (Å²) in [5.41, 5.74) is 6.50. The van der Waals surface area contributed by atoms with Crippen molar-refractivity contribution in [3.63, 3.8) is 0 Å². The molecule has 102 valence electrons. The van der Waals surface area contributed by atoms with E-state index in [4.69, 9.17) is 0 Å². The molecule has 0 unspecified atom stereocenters. The van der Waals surface area contributed by atoms with Gasteiger partial charge < -0.3 is 0 Å². The van der Waals surface area contributed by atoms with E-state index in [1.54, 1.807) is 22.3 Å². The van der Waals surface area contributed by atoms with Crippen molar-refractivity contribution in [1.29, 1.82) is 0 Å². The Balaban J connectivity index is 1.81. The number of fused-ring (bicyclic) bond motifs is 5. The van der Waals surface area contributed by atoms with Gasteiger partial charge in [0.1, 0.15) is 0 Å². The van der Waals surface area contributed by atoms with E-state index < -0.39 is 0 Å². The summed E-state index contributed by atoms with van der Waals surface area (Å²) in [6, 6.07) is 18.2. The predicted molar refractivity (Wildman–Crippen MR) is 90.5 cm³/mol. The highest BCUT2D eigenvalue weighted by Crippen LogP contribution is 2.43. The molecule has 3 aromatic rings. The van der Waals surface area contributed by atoms with Gasteiger partial charge in [-0.25, -0.2) is 0 Å². The third-order valence-electron chi connectivity index (χ3n) is 5.28. The highest BCUT2D eigenvalue weighted by molar-refractivity contribution is 6.08. The molecule has 0 N–H and O–H groups in total. The van der Waals surface area contributed by atoms with Crippen molar-refractivity contribution in [2.24, 2.45) is 0 Å². The van der Waals surface area contributed by atoms with Crippen LogP contribution < -0.4 is 0 Å². The van der Waals surface area contributed by atoms with Crippen molar-refractivity contribution in [2.45, 2.75) is 32.1 Å². The van der Waals surface area contributed by atoms with Crippen molar-refractivity contribution < 1.29 is 0 Å². The minimum absolute atomic E-state index is 1.20. The van der Waals surface area contributed by atoms with E-state index in [0.717, 1.165) is 0 Å². The molecule has 0 radical (unpaired) electrons. The molecule has 0 heterocycles. The van der Waals surface area contributed by atoms with Crippen LogP contribution in [0.5, 0.6) is 0 Å². The van der Waals surface area contributed by atoms with E-state index >= 15 is 0 Å². The first-order valence-electron chi connectivity index (χ1n) is 8.06. The maximum Gasteiger partial charge on any atom is -0.00548 e. The molecule has 0 aromatic heterocycles. The van der Waals surface area contributed by atoms with Crippen molar-refractivity contribution in [1.82, 2.24) is 0 Å². The highest BCUT2D eigenvalue weighted by Gasteiger charge is 2.24. The molecule has 2 aliphatic rings. The van der Waals surface area contributed by atoms with E-state index in [2.05, 4.69) is 48.5 Å². The quantitative estimate of drug-likeness (QED) is 0.448. The Morgan fingerprint density at radius 1 is 0.714 bits per heavy atom. The molecule has 2 aliphatic carbocycles. The summed E-state index contributed by atoms with van der Waals surface area (Å²) in [5.74, 6) is 0. The van der Waals surface area contributed by atoms with Gasteiger partial charge in [-0.3, -0.25) is 0 Å². The first-order valence-corrected chi connectivity index (χ1v) is 8.06. The molecule has 0 heteroatoms. The van der Waals surface area contributed by atoms with Crippen LogP contribution >= 0.6 is 0 Å². The van der Waals surface area contributed by atoms with Crippen LogP contribution in [-0.2, 0) is 6.42 Å². The molecular formula is C21H18. The molecule has 0 nitrogen and oxygen atoms in total. The lowest BCUT2D eigenvalue weighted by molar-refractivity contribution is 0.711. The molecule has 0 saturated heterocycles. The zero-order valence-corrected chi connectivity index (χ0v) is 12.2. The summed E-state index contributed by atoms with van der Waals surface area (Å²) in [5, 5.41) is 5.56. The zero-order chi connectivity index (χ0) is 13.8. The van der Waals surface area contributed by atoms with Gasteiger partial charge in [-0.2, -0.15) is 0 Å². The standard InChI is InChI=1S/C21H18/c1-3-7-18-14(5-1)9-10-16-12-21-17(13-20(16)18)11-15-6-2-4-8-19(15)21/h1,3,5,7,9-10,12-13H,2,4,6,8,11H2. The molecule has 0 spiro atoms. The van der Waals surface area contributed by atoms with E-state index in [-0.39, 0.29) is 0 Å². The van der Waals surface area contributed by atoms with Gasteiger partial charge in [0.15, 0.2) is 0 Å². The maximum atomic E-state index is 2.46. The number of hydrogen-bond acceptors (Lipinski definition) is 0. The maximum absolute atomic E-state index is 2.46. The molecule has 3 aromatic carbocycles. The van der Waals surface area contributed by atoms with Crippen molar-refractivity contribution in [3.05, 3.63) is 65.2 Å². The minimum Gasteiger partial charge on any atom is -0.0620 e. The Labute approximate surface area is 125 Å². The fraction of sp³-hybridized carbons (Fsp3) is 0.238. The molecule has 21 heavy (non-hydrogen) atoms. The highest BCUT2D eigenvalue weighted by atomic mass is 14.3. The fourth-order valence-corrected chi connectivity index (χ4v) is 4.24. The van der Waals surface area contributed by atoms with Gasteiger partial charge in [-0.05, 0) is 82.5 Å². The molecular weight excluding hydrogens is 252 g/mol. The average molecular weight is 270 g/mol. The smallest absolute Gasteiger partial charge is 0.00548 e. The van der Waals surface area contributed by atoms with Crippen molar-refractivity contribution in [3.8, 4) is 0 Å². The first kappa shape index (κ1) is 11.6. The van der Waals surface area contributed by atoms with Gasteiger partial charge in [0.25, 0.3) is 0 Å². The van der Waals surface area contributed by atoms with Crippen molar-refractivity contribution in [2.75, 3.05) is 0 Å². The van der Waals surface area contributed by atoms with Crippen LogP contribution in [0.4, 0.5) is 0 Å². The third kappa shape index (κ3) is 1.62. The summed E-state index contributed by atoms with van der Waals surface area (Å²) in [6.07, 6.45) is 6.57. The summed E-state index contributed by atoms with van der Waals surface area (Å²) >= 11 is 0. The Morgan fingerprint density at radius 3 is 2.57 bits per heavy atom. The normalized spacial score (nSPS) is 17.3. The molecule has 0 fully saturated rings. The van der Waals surface area contributed by atoms with Gasteiger partial charge in [-0.1, -0.05) is 42.0 Å². The van der Waals surface area contributed by atoms with Crippen LogP contribution in [-0.4, -0.2) is 0 Å². The number of allylic oxidation sites excluding steroid dienone is 2. The van der Waals surface area contributed by atoms with E-state index in [1.165, 1.54) is 53.6 Å². The summed E-state index contributed by atoms with van der Waals surface area (Å²) in [6.45, 7) is 0. The van der Waals surface area contributed by atoms with Gasteiger partial charge in [0, 0.05) is 0 Å². The van der Waals surface area contributed by atoms with Crippen LogP contribution in [0.3, 0.4) is 0 Å². The number of benzene rings is 3. The second-order valence-electron chi connectivity index (χ2n) is 6.48. The average Bonchev–Trinajstić information content (AvgIpc) is 2.90. The lowest BCUT2D eigenvalue weighted by Gasteiger charge is -2.14. The summed E-state index contributed by atoms with van der Waals surface area (Å²) < 4.78 is 0. The van der Waals surface area contributed by atoms with E-state index in [9.17, 15) is 0 Å². The Kier molecular flexibility index (Phi) is 2.32. The minimum atomic E-state index is 1.20. The van der Waals surface area contributed by atoms with Gasteiger partial charge in [0.05, 0.1) is 0 Å². The second kappa shape index (κ2) is 4.21. The van der Waals surface area contributed by atoms with Crippen LogP contribution in [0.25, 0.3) is 27.1 Å².